The summed E-state index contributed by atoms with van der Waals surface area (Å²) >= 11 is 0. The van der Waals surface area contributed by atoms with E-state index in [1.165, 1.54) is 11.6 Å². The van der Waals surface area contributed by atoms with E-state index < -0.39 is 0 Å². The average molecular weight is 422 g/mol. The number of piperidine rings is 2. The summed E-state index contributed by atoms with van der Waals surface area (Å²) in [5.41, 5.74) is 3.21. The minimum absolute atomic E-state index is 0.0952. The van der Waals surface area contributed by atoms with Crippen molar-refractivity contribution in [1.82, 2.24) is 15.1 Å². The van der Waals surface area contributed by atoms with Crippen LogP contribution in [-0.2, 0) is 17.6 Å². The van der Waals surface area contributed by atoms with Gasteiger partial charge < -0.3 is 15.1 Å². The molecule has 0 aromatic heterocycles. The van der Waals surface area contributed by atoms with Gasteiger partial charge in [0.1, 0.15) is 5.82 Å². The first-order chi connectivity index (χ1) is 15.1. The molecule has 0 aliphatic carbocycles. The predicted octanol–water partition coefficient (Wildman–Crippen LogP) is 3.69. The highest BCUT2D eigenvalue weighted by Gasteiger charge is 2.48. The third kappa shape index (κ3) is 3.80. The topological polar surface area (TPSA) is 52.7 Å². The lowest BCUT2D eigenvalue weighted by Crippen LogP contribution is -2.61. The Morgan fingerprint density at radius 1 is 1.13 bits per heavy atom. The number of rotatable bonds is 3. The highest BCUT2D eigenvalue weighted by molar-refractivity contribution is 5.83. The van der Waals surface area contributed by atoms with E-state index in [0.717, 1.165) is 36.8 Å². The first-order valence-electron chi connectivity index (χ1n) is 11.3. The fraction of sp³-hybridized carbons (Fsp3) is 0.440. The van der Waals surface area contributed by atoms with Crippen molar-refractivity contribution in [3.63, 3.8) is 0 Å². The van der Waals surface area contributed by atoms with E-state index in [1.54, 1.807) is 6.07 Å². The van der Waals surface area contributed by atoms with Crippen LogP contribution in [0, 0.1) is 11.7 Å². The SMILES string of the molecule is O=C(NCCc1ccccc1)N1CCC[C@H]2C(=O)N3CCc4ccc(F)cc4[C@@H]3C[C@H]21. The Labute approximate surface area is 182 Å². The van der Waals surface area contributed by atoms with Gasteiger partial charge in [0.15, 0.2) is 0 Å². The number of hydrogen-bond donors (Lipinski definition) is 1. The maximum Gasteiger partial charge on any atom is 0.317 e. The number of benzene rings is 2. The number of amides is 3. The van der Waals surface area contributed by atoms with Gasteiger partial charge in [0.05, 0.1) is 12.0 Å². The highest BCUT2D eigenvalue weighted by atomic mass is 19.1. The van der Waals surface area contributed by atoms with Crippen LogP contribution in [0.4, 0.5) is 9.18 Å². The van der Waals surface area contributed by atoms with E-state index in [4.69, 9.17) is 0 Å². The van der Waals surface area contributed by atoms with Gasteiger partial charge in [-0.05, 0) is 60.9 Å². The molecule has 3 atom stereocenters. The number of carbonyl (C=O) groups is 2. The molecule has 3 aliphatic heterocycles. The Morgan fingerprint density at radius 3 is 2.81 bits per heavy atom. The zero-order valence-corrected chi connectivity index (χ0v) is 17.6. The van der Waals surface area contributed by atoms with Crippen molar-refractivity contribution < 1.29 is 14.0 Å². The molecule has 2 aromatic carbocycles. The minimum Gasteiger partial charge on any atom is -0.338 e. The lowest BCUT2D eigenvalue weighted by Gasteiger charge is -2.51. The van der Waals surface area contributed by atoms with Gasteiger partial charge in [-0.1, -0.05) is 36.4 Å². The number of urea groups is 1. The summed E-state index contributed by atoms with van der Waals surface area (Å²) in [6.07, 6.45) is 3.87. The van der Waals surface area contributed by atoms with Crippen LogP contribution in [0.2, 0.25) is 0 Å². The molecule has 0 bridgehead atoms. The van der Waals surface area contributed by atoms with Gasteiger partial charge in [-0.2, -0.15) is 0 Å². The van der Waals surface area contributed by atoms with Crippen molar-refractivity contribution in [2.75, 3.05) is 19.6 Å². The molecule has 0 spiro atoms. The van der Waals surface area contributed by atoms with Crippen LogP contribution in [0.3, 0.4) is 0 Å². The molecule has 162 valence electrons. The van der Waals surface area contributed by atoms with Crippen LogP contribution in [0.1, 0.15) is 42.0 Å². The van der Waals surface area contributed by atoms with Gasteiger partial charge >= 0.3 is 6.03 Å². The summed E-state index contributed by atoms with van der Waals surface area (Å²) in [5, 5.41) is 3.05. The first-order valence-corrected chi connectivity index (χ1v) is 11.3. The second kappa shape index (κ2) is 8.33. The normalized spacial score (nSPS) is 24.8. The Hall–Kier alpha value is -2.89. The van der Waals surface area contributed by atoms with Crippen molar-refractivity contribution in [1.29, 1.82) is 0 Å². The summed E-state index contributed by atoms with van der Waals surface area (Å²) in [4.78, 5) is 30.2. The van der Waals surface area contributed by atoms with Crippen LogP contribution < -0.4 is 5.32 Å². The number of fused-ring (bicyclic) bond motifs is 4. The summed E-state index contributed by atoms with van der Waals surface area (Å²) < 4.78 is 14.0. The summed E-state index contributed by atoms with van der Waals surface area (Å²) in [7, 11) is 0. The second-order valence-electron chi connectivity index (χ2n) is 8.85. The Bertz CT molecular complexity index is 980. The molecule has 5 nitrogen and oxygen atoms in total. The molecule has 5 rings (SSSR count). The van der Waals surface area contributed by atoms with E-state index in [-0.39, 0.29) is 35.8 Å². The van der Waals surface area contributed by atoms with Crippen molar-refractivity contribution in [3.8, 4) is 0 Å². The minimum atomic E-state index is -0.269. The highest BCUT2D eigenvalue weighted by Crippen LogP contribution is 2.43. The zero-order valence-electron chi connectivity index (χ0n) is 17.6. The number of carbonyl (C=O) groups excluding carboxylic acids is 2. The fourth-order valence-corrected chi connectivity index (χ4v) is 5.58. The largest absolute Gasteiger partial charge is 0.338 e. The molecule has 2 fully saturated rings. The second-order valence-corrected chi connectivity index (χ2v) is 8.85. The van der Waals surface area contributed by atoms with E-state index in [2.05, 4.69) is 17.4 Å². The number of nitrogens with zero attached hydrogens (tertiary/aromatic N) is 2. The summed E-state index contributed by atoms with van der Waals surface area (Å²) in [6.45, 7) is 1.90. The quantitative estimate of drug-likeness (QED) is 0.822. The molecule has 0 radical (unpaired) electrons. The monoisotopic (exact) mass is 421 g/mol. The van der Waals surface area contributed by atoms with Crippen molar-refractivity contribution in [2.45, 2.75) is 44.2 Å². The van der Waals surface area contributed by atoms with Crippen LogP contribution >= 0.6 is 0 Å². The first kappa shape index (κ1) is 20.0. The van der Waals surface area contributed by atoms with Gasteiger partial charge in [-0.25, -0.2) is 9.18 Å². The molecular formula is C25H28FN3O2. The Morgan fingerprint density at radius 2 is 1.97 bits per heavy atom. The van der Waals surface area contributed by atoms with Crippen molar-refractivity contribution in [2.24, 2.45) is 5.92 Å². The molecule has 2 aromatic rings. The van der Waals surface area contributed by atoms with Gasteiger partial charge in [0.25, 0.3) is 0 Å². The third-order valence-electron chi connectivity index (χ3n) is 7.10. The van der Waals surface area contributed by atoms with Gasteiger partial charge in [0, 0.05) is 25.7 Å². The Kier molecular flexibility index (Phi) is 5.38. The van der Waals surface area contributed by atoms with E-state index in [1.807, 2.05) is 34.1 Å². The van der Waals surface area contributed by atoms with Crippen molar-refractivity contribution in [3.05, 3.63) is 71.0 Å². The van der Waals surface area contributed by atoms with Gasteiger partial charge in [-0.3, -0.25) is 4.79 Å². The van der Waals surface area contributed by atoms with Crippen LogP contribution in [0.5, 0.6) is 0 Å². The maximum atomic E-state index is 14.0. The number of likely N-dealkylation sites (tertiary alicyclic amines) is 1. The molecule has 3 amide bonds. The number of halogens is 1. The van der Waals surface area contributed by atoms with E-state index in [0.29, 0.717) is 26.1 Å². The zero-order chi connectivity index (χ0) is 21.4. The fourth-order valence-electron chi connectivity index (χ4n) is 5.58. The smallest absolute Gasteiger partial charge is 0.317 e. The molecule has 0 saturated carbocycles. The Balaban J connectivity index is 1.32. The third-order valence-corrected chi connectivity index (χ3v) is 7.10. The summed E-state index contributed by atoms with van der Waals surface area (Å²) in [6, 6.07) is 14.6. The van der Waals surface area contributed by atoms with Gasteiger partial charge in [-0.15, -0.1) is 0 Å². The maximum absolute atomic E-state index is 14.0. The molecule has 3 heterocycles. The number of nitrogens with one attached hydrogen (secondary N) is 1. The van der Waals surface area contributed by atoms with Crippen molar-refractivity contribution >= 4 is 11.9 Å². The molecular weight excluding hydrogens is 393 g/mol. The van der Waals surface area contributed by atoms with Crippen LogP contribution in [0.15, 0.2) is 48.5 Å². The lowest BCUT2D eigenvalue weighted by atomic mass is 9.76. The standard InChI is InChI=1S/C25H28FN3O2/c26-19-9-8-18-11-14-28-23(21(18)15-19)16-22-20(24(28)30)7-4-13-29(22)25(31)27-12-10-17-5-2-1-3-6-17/h1-3,5-6,8-9,15,20,22-23H,4,7,10-14,16H2,(H,27,31)/t20-,22-,23+/m1/s1. The van der Waals surface area contributed by atoms with Gasteiger partial charge in [0.2, 0.25) is 5.91 Å². The van der Waals surface area contributed by atoms with E-state index in [9.17, 15) is 14.0 Å². The van der Waals surface area contributed by atoms with E-state index >= 15 is 0 Å². The molecule has 31 heavy (non-hydrogen) atoms. The summed E-state index contributed by atoms with van der Waals surface area (Å²) in [5.74, 6) is -0.299. The lowest BCUT2D eigenvalue weighted by molar-refractivity contribution is -0.148. The molecule has 6 heteroatoms. The molecule has 1 N–H and O–H groups in total. The molecule has 3 aliphatic rings. The number of hydrogen-bond acceptors (Lipinski definition) is 2. The predicted molar refractivity (Wildman–Crippen MR) is 116 cm³/mol. The molecule has 2 saturated heterocycles. The average Bonchev–Trinajstić information content (AvgIpc) is 2.79. The molecule has 0 unspecified atom stereocenters. The van der Waals surface area contributed by atoms with Crippen LogP contribution in [0.25, 0.3) is 0 Å². The van der Waals surface area contributed by atoms with Crippen LogP contribution in [-0.4, -0.2) is 47.4 Å².